The third-order valence-corrected chi connectivity index (χ3v) is 4.44. The lowest BCUT2D eigenvalue weighted by molar-refractivity contribution is -0.142. The molecule has 5 nitrogen and oxygen atoms in total. The molecule has 0 heterocycles. The highest BCUT2D eigenvalue weighted by Gasteiger charge is 2.26. The molecule has 0 aliphatic carbocycles. The molecule has 1 N–H and O–H groups in total. The van der Waals surface area contributed by atoms with Gasteiger partial charge in [-0.15, -0.1) is 0 Å². The fourth-order valence-corrected chi connectivity index (χ4v) is 3.01. The maximum atomic E-state index is 12.8. The number of halogens is 1. The van der Waals surface area contributed by atoms with Gasteiger partial charge in [0.1, 0.15) is 11.8 Å². The van der Waals surface area contributed by atoms with Crippen LogP contribution in [0.3, 0.4) is 0 Å². The third kappa shape index (κ3) is 6.71. The van der Waals surface area contributed by atoms with Crippen molar-refractivity contribution in [1.29, 1.82) is 0 Å². The molecule has 2 rings (SSSR count). The number of para-hydroxylation sites is 1. The first-order valence-electron chi connectivity index (χ1n) is 8.89. The van der Waals surface area contributed by atoms with Crippen LogP contribution in [0.4, 0.5) is 0 Å². The molecule has 1 atom stereocenters. The van der Waals surface area contributed by atoms with Crippen molar-refractivity contribution in [2.75, 3.05) is 6.61 Å². The number of hydrogen-bond acceptors (Lipinski definition) is 3. The molecule has 0 radical (unpaired) electrons. The zero-order valence-electron chi connectivity index (χ0n) is 15.8. The molecule has 0 spiro atoms. The summed E-state index contributed by atoms with van der Waals surface area (Å²) in [6.45, 7) is 5.71. The van der Waals surface area contributed by atoms with E-state index in [-0.39, 0.29) is 24.5 Å². The molecule has 0 aromatic heterocycles. The Morgan fingerprint density at radius 2 is 1.78 bits per heavy atom. The van der Waals surface area contributed by atoms with Gasteiger partial charge in [-0.2, -0.15) is 0 Å². The molecular formula is C21H25BrN2O3. The zero-order chi connectivity index (χ0) is 19.8. The number of nitrogens with one attached hydrogen (secondary N) is 1. The van der Waals surface area contributed by atoms with Crippen LogP contribution in [-0.2, 0) is 16.1 Å². The third-order valence-electron chi connectivity index (χ3n) is 3.95. The van der Waals surface area contributed by atoms with E-state index < -0.39 is 6.04 Å². The van der Waals surface area contributed by atoms with E-state index >= 15 is 0 Å². The molecule has 0 aliphatic heterocycles. The van der Waals surface area contributed by atoms with Gasteiger partial charge >= 0.3 is 0 Å². The summed E-state index contributed by atoms with van der Waals surface area (Å²) >= 11 is 3.44. The van der Waals surface area contributed by atoms with E-state index in [1.165, 1.54) is 0 Å². The maximum absolute atomic E-state index is 12.8. The lowest BCUT2D eigenvalue weighted by Crippen LogP contribution is -2.50. The summed E-state index contributed by atoms with van der Waals surface area (Å²) in [5.41, 5.74) is 0.932. The van der Waals surface area contributed by atoms with Crippen LogP contribution in [0.5, 0.6) is 5.75 Å². The van der Waals surface area contributed by atoms with E-state index in [2.05, 4.69) is 21.2 Å². The first kappa shape index (κ1) is 21.0. The molecule has 27 heavy (non-hydrogen) atoms. The summed E-state index contributed by atoms with van der Waals surface area (Å²) in [7, 11) is 0. The number of rotatable bonds is 8. The van der Waals surface area contributed by atoms with Crippen molar-refractivity contribution in [2.45, 2.75) is 39.4 Å². The molecule has 0 fully saturated rings. The molecule has 2 aromatic rings. The van der Waals surface area contributed by atoms with Crippen molar-refractivity contribution in [3.63, 3.8) is 0 Å². The first-order chi connectivity index (χ1) is 12.9. The lowest BCUT2D eigenvalue weighted by Gasteiger charge is -2.29. The minimum atomic E-state index is -0.613. The fraction of sp³-hybridized carbons (Fsp3) is 0.333. The molecular weight excluding hydrogens is 408 g/mol. The zero-order valence-corrected chi connectivity index (χ0v) is 17.4. The Kier molecular flexibility index (Phi) is 7.85. The number of hydrogen-bond donors (Lipinski definition) is 1. The molecule has 2 aromatic carbocycles. The average Bonchev–Trinajstić information content (AvgIpc) is 2.64. The van der Waals surface area contributed by atoms with Crippen LogP contribution in [0.25, 0.3) is 0 Å². The highest BCUT2D eigenvalue weighted by atomic mass is 79.9. The van der Waals surface area contributed by atoms with Crippen molar-refractivity contribution in [3.05, 3.63) is 64.6 Å². The second-order valence-corrected chi connectivity index (χ2v) is 7.51. The molecule has 0 aliphatic rings. The van der Waals surface area contributed by atoms with Crippen molar-refractivity contribution < 1.29 is 14.3 Å². The summed E-state index contributed by atoms with van der Waals surface area (Å²) in [6, 6.07) is 16.2. The van der Waals surface area contributed by atoms with Gasteiger partial charge in [0.15, 0.2) is 6.61 Å². The first-order valence-corrected chi connectivity index (χ1v) is 9.68. The van der Waals surface area contributed by atoms with Gasteiger partial charge in [0.25, 0.3) is 5.91 Å². The van der Waals surface area contributed by atoms with Crippen molar-refractivity contribution in [3.8, 4) is 5.75 Å². The van der Waals surface area contributed by atoms with E-state index in [9.17, 15) is 9.59 Å². The standard InChI is InChI=1S/C21H25BrN2O3/c1-15(2)23-21(26)16(3)24(13-17-8-7-9-18(22)12-17)20(25)14-27-19-10-5-4-6-11-19/h4-12,15-16H,13-14H2,1-3H3,(H,23,26)/t16-/m0/s1. The lowest BCUT2D eigenvalue weighted by atomic mass is 10.1. The summed E-state index contributed by atoms with van der Waals surface area (Å²) < 4.78 is 6.51. The number of benzene rings is 2. The normalized spacial score (nSPS) is 11.7. The number of amides is 2. The number of nitrogens with zero attached hydrogens (tertiary/aromatic N) is 1. The smallest absolute Gasteiger partial charge is 0.261 e. The Morgan fingerprint density at radius 1 is 1.07 bits per heavy atom. The summed E-state index contributed by atoms with van der Waals surface area (Å²) in [5, 5.41) is 2.87. The molecule has 144 valence electrons. The highest BCUT2D eigenvalue weighted by Crippen LogP contribution is 2.16. The van der Waals surface area contributed by atoms with E-state index in [1.54, 1.807) is 24.0 Å². The fourth-order valence-electron chi connectivity index (χ4n) is 2.56. The Morgan fingerprint density at radius 3 is 2.41 bits per heavy atom. The van der Waals surface area contributed by atoms with Crippen LogP contribution in [0.15, 0.2) is 59.1 Å². The predicted octanol–water partition coefficient (Wildman–Crippen LogP) is 3.77. The van der Waals surface area contributed by atoms with Gasteiger partial charge in [-0.1, -0.05) is 46.3 Å². The van der Waals surface area contributed by atoms with Gasteiger partial charge < -0.3 is 15.0 Å². The van der Waals surface area contributed by atoms with Crippen LogP contribution in [0.1, 0.15) is 26.3 Å². The topological polar surface area (TPSA) is 58.6 Å². The summed E-state index contributed by atoms with van der Waals surface area (Å²) in [4.78, 5) is 26.9. The van der Waals surface area contributed by atoms with Gasteiger partial charge in [0.2, 0.25) is 5.91 Å². The Balaban J connectivity index is 2.14. The molecule has 2 amide bonds. The van der Waals surface area contributed by atoms with E-state index in [1.807, 2.05) is 56.3 Å². The number of carbonyl (C=O) groups is 2. The molecule has 0 saturated heterocycles. The van der Waals surface area contributed by atoms with E-state index in [4.69, 9.17) is 4.74 Å². The van der Waals surface area contributed by atoms with Gasteiger partial charge in [-0.05, 0) is 50.6 Å². The molecule has 0 unspecified atom stereocenters. The average molecular weight is 433 g/mol. The van der Waals surface area contributed by atoms with Gasteiger partial charge in [0, 0.05) is 17.1 Å². The number of ether oxygens (including phenoxy) is 1. The van der Waals surface area contributed by atoms with Crippen molar-refractivity contribution in [2.24, 2.45) is 0 Å². The van der Waals surface area contributed by atoms with Crippen LogP contribution in [0.2, 0.25) is 0 Å². The van der Waals surface area contributed by atoms with Crippen LogP contribution >= 0.6 is 15.9 Å². The minimum absolute atomic E-state index is 0.00309. The Hall–Kier alpha value is -2.34. The van der Waals surface area contributed by atoms with E-state index in [0.29, 0.717) is 12.3 Å². The SMILES string of the molecule is CC(C)NC(=O)[C@H](C)N(Cc1cccc(Br)c1)C(=O)COc1ccccc1. The summed E-state index contributed by atoms with van der Waals surface area (Å²) in [6.07, 6.45) is 0. The van der Waals surface area contributed by atoms with E-state index in [0.717, 1.165) is 10.0 Å². The van der Waals surface area contributed by atoms with Crippen LogP contribution in [-0.4, -0.2) is 35.4 Å². The molecule has 0 saturated carbocycles. The van der Waals surface area contributed by atoms with Crippen molar-refractivity contribution >= 4 is 27.7 Å². The van der Waals surface area contributed by atoms with Gasteiger partial charge in [0.05, 0.1) is 0 Å². The summed E-state index contributed by atoms with van der Waals surface area (Å²) in [5.74, 6) is 0.186. The largest absolute Gasteiger partial charge is 0.484 e. The maximum Gasteiger partial charge on any atom is 0.261 e. The molecule has 0 bridgehead atoms. The Bertz CT molecular complexity index is 765. The predicted molar refractivity (Wildman–Crippen MR) is 109 cm³/mol. The van der Waals surface area contributed by atoms with Gasteiger partial charge in [-0.25, -0.2) is 0 Å². The Labute approximate surface area is 168 Å². The van der Waals surface area contributed by atoms with Crippen molar-refractivity contribution in [1.82, 2.24) is 10.2 Å². The van der Waals surface area contributed by atoms with Crippen LogP contribution < -0.4 is 10.1 Å². The minimum Gasteiger partial charge on any atom is -0.484 e. The monoisotopic (exact) mass is 432 g/mol. The molecule has 6 heteroatoms. The second kappa shape index (κ2) is 10.1. The quantitative estimate of drug-likeness (QED) is 0.690. The van der Waals surface area contributed by atoms with Gasteiger partial charge in [-0.3, -0.25) is 9.59 Å². The highest BCUT2D eigenvalue weighted by molar-refractivity contribution is 9.10. The van der Waals surface area contributed by atoms with Crippen LogP contribution in [0, 0.1) is 0 Å². The second-order valence-electron chi connectivity index (χ2n) is 6.59. The number of carbonyl (C=O) groups excluding carboxylic acids is 2.